The van der Waals surface area contributed by atoms with E-state index in [2.05, 4.69) is 4.98 Å². The summed E-state index contributed by atoms with van der Waals surface area (Å²) in [6.45, 7) is 0. The van der Waals surface area contributed by atoms with Crippen LogP contribution in [0.1, 0.15) is 11.1 Å². The molecule has 0 spiro atoms. The first-order valence-electron chi connectivity index (χ1n) is 6.25. The Hall–Kier alpha value is -3.23. The Kier molecular flexibility index (Phi) is 4.69. The second-order valence-electron chi connectivity index (χ2n) is 4.38. The number of hydrogen-bond acceptors (Lipinski definition) is 7. The van der Waals surface area contributed by atoms with E-state index in [1.807, 2.05) is 12.1 Å². The van der Waals surface area contributed by atoms with Gasteiger partial charge in [0.1, 0.15) is 34.3 Å². The molecule has 0 aliphatic carbocycles. The minimum absolute atomic E-state index is 0.0342. The highest BCUT2D eigenvalue weighted by atomic mass is 32.2. The van der Waals surface area contributed by atoms with Crippen LogP contribution in [0.5, 0.6) is 5.75 Å². The van der Waals surface area contributed by atoms with Gasteiger partial charge in [-0.05, 0) is 17.7 Å². The number of nitrogens with zero attached hydrogens (tertiary/aromatic N) is 3. The number of nitrogen functional groups attached to an aromatic ring is 1. The Morgan fingerprint density at radius 3 is 2.35 bits per heavy atom. The number of phenols is 1. The standard InChI is InChI=1S/C15H10N4O3S/c16-5-10-13(8-1-3-9(20)4-2-8)11(6-17)15(19-14(10)18)23-7-12(21)22/h1-4,20H,7H2,(H2,18,19)(H,21,22). The summed E-state index contributed by atoms with van der Waals surface area (Å²) in [4.78, 5) is 14.7. The summed E-state index contributed by atoms with van der Waals surface area (Å²) in [6, 6.07) is 9.78. The summed E-state index contributed by atoms with van der Waals surface area (Å²) in [5.74, 6) is -1.40. The second kappa shape index (κ2) is 6.69. The molecule has 0 bridgehead atoms. The van der Waals surface area contributed by atoms with Gasteiger partial charge in [0.2, 0.25) is 0 Å². The minimum Gasteiger partial charge on any atom is -0.508 e. The number of hydrogen-bond donors (Lipinski definition) is 3. The van der Waals surface area contributed by atoms with Crippen LogP contribution in [0, 0.1) is 22.7 Å². The Labute approximate surface area is 135 Å². The smallest absolute Gasteiger partial charge is 0.313 e. The van der Waals surface area contributed by atoms with E-state index in [4.69, 9.17) is 10.8 Å². The average Bonchev–Trinajstić information content (AvgIpc) is 2.53. The number of aromatic hydroxyl groups is 1. The highest BCUT2D eigenvalue weighted by molar-refractivity contribution is 7.99. The molecule has 0 amide bonds. The van der Waals surface area contributed by atoms with Gasteiger partial charge >= 0.3 is 5.97 Å². The van der Waals surface area contributed by atoms with E-state index in [1.54, 1.807) is 0 Å². The molecule has 0 saturated heterocycles. The number of aliphatic carboxylic acids is 1. The minimum atomic E-state index is -1.06. The normalized spacial score (nSPS) is 9.83. The topological polar surface area (TPSA) is 144 Å². The first kappa shape index (κ1) is 16.1. The molecular weight excluding hydrogens is 316 g/mol. The van der Waals surface area contributed by atoms with Crippen molar-refractivity contribution in [2.45, 2.75) is 5.03 Å². The monoisotopic (exact) mass is 326 g/mol. The number of aromatic nitrogens is 1. The van der Waals surface area contributed by atoms with Crippen molar-refractivity contribution in [3.05, 3.63) is 35.4 Å². The van der Waals surface area contributed by atoms with Crippen LogP contribution in [0.2, 0.25) is 0 Å². The molecule has 114 valence electrons. The zero-order chi connectivity index (χ0) is 17.0. The third kappa shape index (κ3) is 3.34. The molecule has 0 saturated carbocycles. The van der Waals surface area contributed by atoms with Crippen LogP contribution in [-0.2, 0) is 4.79 Å². The van der Waals surface area contributed by atoms with E-state index in [-0.39, 0.29) is 39.0 Å². The van der Waals surface area contributed by atoms with E-state index in [9.17, 15) is 20.4 Å². The summed E-state index contributed by atoms with van der Waals surface area (Å²) < 4.78 is 0. The fourth-order valence-electron chi connectivity index (χ4n) is 1.95. The molecule has 1 aromatic carbocycles. The van der Waals surface area contributed by atoms with Crippen LogP contribution >= 0.6 is 11.8 Å². The van der Waals surface area contributed by atoms with Crippen LogP contribution in [0.15, 0.2) is 29.3 Å². The lowest BCUT2D eigenvalue weighted by molar-refractivity contribution is -0.133. The van der Waals surface area contributed by atoms with Gasteiger partial charge in [0.15, 0.2) is 0 Å². The quantitative estimate of drug-likeness (QED) is 0.723. The number of nitriles is 2. The lowest BCUT2D eigenvalue weighted by Gasteiger charge is -2.12. The number of nitrogens with two attached hydrogens (primary N) is 1. The van der Waals surface area contributed by atoms with Gasteiger partial charge in [-0.1, -0.05) is 23.9 Å². The molecule has 4 N–H and O–H groups in total. The highest BCUT2D eigenvalue weighted by Crippen LogP contribution is 2.35. The zero-order valence-electron chi connectivity index (χ0n) is 11.6. The third-order valence-corrected chi connectivity index (χ3v) is 3.86. The lowest BCUT2D eigenvalue weighted by atomic mass is 9.97. The van der Waals surface area contributed by atoms with Gasteiger partial charge in [-0.3, -0.25) is 4.79 Å². The van der Waals surface area contributed by atoms with Crippen molar-refractivity contribution in [3.63, 3.8) is 0 Å². The molecule has 0 aliphatic heterocycles. The molecule has 7 nitrogen and oxygen atoms in total. The van der Waals surface area contributed by atoms with Gasteiger partial charge in [-0.2, -0.15) is 10.5 Å². The van der Waals surface area contributed by atoms with Crippen LogP contribution in [0.4, 0.5) is 5.82 Å². The summed E-state index contributed by atoms with van der Waals surface area (Å²) in [5, 5.41) is 37.1. The van der Waals surface area contributed by atoms with E-state index in [1.165, 1.54) is 24.3 Å². The van der Waals surface area contributed by atoms with Crippen molar-refractivity contribution in [2.75, 3.05) is 11.5 Å². The van der Waals surface area contributed by atoms with E-state index in [0.717, 1.165) is 11.8 Å². The SMILES string of the molecule is N#Cc1c(N)nc(SCC(=O)O)c(C#N)c1-c1ccc(O)cc1. The largest absolute Gasteiger partial charge is 0.508 e. The molecule has 8 heteroatoms. The van der Waals surface area contributed by atoms with Gasteiger partial charge < -0.3 is 15.9 Å². The molecule has 0 radical (unpaired) electrons. The van der Waals surface area contributed by atoms with Gasteiger partial charge in [0, 0.05) is 5.56 Å². The molecule has 0 unspecified atom stereocenters. The summed E-state index contributed by atoms with van der Waals surface area (Å²) in [7, 11) is 0. The van der Waals surface area contributed by atoms with Crippen LogP contribution < -0.4 is 5.73 Å². The van der Waals surface area contributed by atoms with Crippen molar-refractivity contribution < 1.29 is 15.0 Å². The fourth-order valence-corrected chi connectivity index (χ4v) is 2.66. The highest BCUT2D eigenvalue weighted by Gasteiger charge is 2.20. The predicted octanol–water partition coefficient (Wildman–Crippen LogP) is 1.96. The number of carbonyl (C=O) groups is 1. The van der Waals surface area contributed by atoms with Gasteiger partial charge in [-0.25, -0.2) is 4.98 Å². The molecule has 2 rings (SSSR count). The van der Waals surface area contributed by atoms with E-state index >= 15 is 0 Å². The maximum absolute atomic E-state index is 10.7. The Balaban J connectivity index is 2.71. The number of benzene rings is 1. The maximum atomic E-state index is 10.7. The number of carboxylic acids is 1. The first-order valence-corrected chi connectivity index (χ1v) is 7.24. The van der Waals surface area contributed by atoms with E-state index in [0.29, 0.717) is 5.56 Å². The number of rotatable bonds is 4. The van der Waals surface area contributed by atoms with Gasteiger partial charge in [-0.15, -0.1) is 0 Å². The molecular formula is C15H10N4O3S. The molecule has 23 heavy (non-hydrogen) atoms. The summed E-state index contributed by atoms with van der Waals surface area (Å²) in [6.07, 6.45) is 0. The van der Waals surface area contributed by atoms with Gasteiger partial charge in [0.05, 0.1) is 11.3 Å². The van der Waals surface area contributed by atoms with Crippen LogP contribution in [0.25, 0.3) is 11.1 Å². The van der Waals surface area contributed by atoms with Crippen molar-refractivity contribution >= 4 is 23.5 Å². The van der Waals surface area contributed by atoms with Gasteiger partial charge in [0.25, 0.3) is 0 Å². The zero-order valence-corrected chi connectivity index (χ0v) is 12.5. The number of pyridine rings is 1. The summed E-state index contributed by atoms with van der Waals surface area (Å²) >= 11 is 0.853. The molecule has 0 atom stereocenters. The Morgan fingerprint density at radius 1 is 1.22 bits per heavy atom. The summed E-state index contributed by atoms with van der Waals surface area (Å²) in [5.41, 5.74) is 6.66. The van der Waals surface area contributed by atoms with Crippen molar-refractivity contribution in [1.82, 2.24) is 4.98 Å². The lowest BCUT2D eigenvalue weighted by Crippen LogP contribution is -2.05. The van der Waals surface area contributed by atoms with E-state index < -0.39 is 5.97 Å². The third-order valence-electron chi connectivity index (χ3n) is 2.90. The molecule has 1 heterocycles. The second-order valence-corrected chi connectivity index (χ2v) is 5.34. The van der Waals surface area contributed by atoms with Crippen molar-refractivity contribution in [1.29, 1.82) is 10.5 Å². The fraction of sp³-hybridized carbons (Fsp3) is 0.0667. The van der Waals surface area contributed by atoms with Crippen molar-refractivity contribution in [2.24, 2.45) is 0 Å². The maximum Gasteiger partial charge on any atom is 0.313 e. The number of thioether (sulfide) groups is 1. The molecule has 0 aliphatic rings. The van der Waals surface area contributed by atoms with Crippen LogP contribution in [0.3, 0.4) is 0 Å². The number of anilines is 1. The predicted molar refractivity (Wildman–Crippen MR) is 83.5 cm³/mol. The Morgan fingerprint density at radius 2 is 1.83 bits per heavy atom. The average molecular weight is 326 g/mol. The molecule has 1 aromatic heterocycles. The number of phenolic OH excluding ortho intramolecular Hbond substituents is 1. The number of carboxylic acid groups (broad SMARTS) is 1. The molecule has 0 fully saturated rings. The van der Waals surface area contributed by atoms with Crippen molar-refractivity contribution in [3.8, 4) is 29.0 Å². The molecule has 2 aromatic rings. The first-order chi connectivity index (χ1) is 11.0. The Bertz CT molecular complexity index is 851. The van der Waals surface area contributed by atoms with Crippen LogP contribution in [-0.4, -0.2) is 26.9 Å².